The Morgan fingerprint density at radius 1 is 1.15 bits per heavy atom. The molecule has 0 radical (unpaired) electrons. The Morgan fingerprint density at radius 2 is 1.88 bits per heavy atom. The normalized spacial score (nSPS) is 12.9. The topological polar surface area (TPSA) is 79.5 Å². The molecule has 0 bridgehead atoms. The first kappa shape index (κ1) is 18.3. The van der Waals surface area contributed by atoms with Gasteiger partial charge in [-0.15, -0.1) is 0 Å². The lowest BCUT2D eigenvalue weighted by Gasteiger charge is -2.14. The first-order valence-corrected chi connectivity index (χ1v) is 9.43. The van der Waals surface area contributed by atoms with Gasteiger partial charge in [-0.25, -0.2) is 17.5 Å². The van der Waals surface area contributed by atoms with Crippen LogP contribution in [0.3, 0.4) is 0 Å². The third kappa shape index (κ3) is 4.01. The Kier molecular flexibility index (Phi) is 5.22. The molecule has 5 nitrogen and oxygen atoms in total. The maximum Gasteiger partial charge on any atom is 0.240 e. The molecule has 0 aliphatic heterocycles. The van der Waals surface area contributed by atoms with Crippen molar-refractivity contribution < 1.29 is 22.3 Å². The lowest BCUT2D eigenvalue weighted by molar-refractivity contribution is 0.182. The monoisotopic (exact) mass is 375 g/mol. The van der Waals surface area contributed by atoms with Crippen molar-refractivity contribution in [3.05, 3.63) is 77.8 Å². The minimum Gasteiger partial charge on any atom is -0.464 e. The first-order chi connectivity index (χ1) is 12.4. The van der Waals surface area contributed by atoms with Crippen LogP contribution in [0.4, 0.5) is 4.39 Å². The maximum atomic E-state index is 13.1. The fourth-order valence-electron chi connectivity index (χ4n) is 2.61. The number of furan rings is 1. The van der Waals surface area contributed by atoms with Crippen LogP contribution >= 0.6 is 0 Å². The summed E-state index contributed by atoms with van der Waals surface area (Å²) in [5, 5.41) is 10.3. The summed E-state index contributed by atoms with van der Waals surface area (Å²) in [7, 11) is -3.85. The molecule has 0 saturated heterocycles. The lowest BCUT2D eigenvalue weighted by atomic mass is 10.1. The molecule has 136 valence electrons. The van der Waals surface area contributed by atoms with E-state index >= 15 is 0 Å². The van der Waals surface area contributed by atoms with E-state index in [1.807, 2.05) is 6.07 Å². The van der Waals surface area contributed by atoms with Gasteiger partial charge in [0.05, 0.1) is 17.3 Å². The average molecular weight is 375 g/mol. The standard InChI is InChI=1S/C19H18FNO4S/c1-13-11-16(20)8-9-19(13)26(23,24)21-12-17(22)14-4-6-15(7-5-14)18-3-2-10-25-18/h2-11,17,21-22H,12H2,1H3/t17-/m0/s1. The van der Waals surface area contributed by atoms with Crippen LogP contribution in [-0.4, -0.2) is 20.1 Å². The zero-order chi connectivity index (χ0) is 18.7. The van der Waals surface area contributed by atoms with Crippen molar-refractivity contribution in [1.29, 1.82) is 0 Å². The van der Waals surface area contributed by atoms with E-state index in [1.165, 1.54) is 13.0 Å². The summed E-state index contributed by atoms with van der Waals surface area (Å²) in [6.07, 6.45) is 0.556. The maximum absolute atomic E-state index is 13.1. The van der Waals surface area contributed by atoms with Crippen LogP contribution in [0.1, 0.15) is 17.2 Å². The van der Waals surface area contributed by atoms with Crippen molar-refractivity contribution in [3.63, 3.8) is 0 Å². The third-order valence-electron chi connectivity index (χ3n) is 3.99. The van der Waals surface area contributed by atoms with Crippen molar-refractivity contribution in [1.82, 2.24) is 4.72 Å². The summed E-state index contributed by atoms with van der Waals surface area (Å²) in [5.74, 6) is 0.205. The summed E-state index contributed by atoms with van der Waals surface area (Å²) < 4.78 is 45.5. The van der Waals surface area contributed by atoms with E-state index in [1.54, 1.807) is 36.6 Å². The van der Waals surface area contributed by atoms with Crippen molar-refractivity contribution >= 4 is 10.0 Å². The van der Waals surface area contributed by atoms with Gasteiger partial charge in [-0.2, -0.15) is 0 Å². The zero-order valence-corrected chi connectivity index (χ0v) is 14.8. The van der Waals surface area contributed by atoms with E-state index in [0.29, 0.717) is 16.9 Å². The fourth-order valence-corrected chi connectivity index (χ4v) is 3.87. The van der Waals surface area contributed by atoms with E-state index < -0.39 is 21.9 Å². The highest BCUT2D eigenvalue weighted by Gasteiger charge is 2.19. The van der Waals surface area contributed by atoms with Crippen LogP contribution in [0.2, 0.25) is 0 Å². The molecule has 3 aromatic rings. The Balaban J connectivity index is 1.69. The van der Waals surface area contributed by atoms with Gasteiger partial charge in [-0.1, -0.05) is 24.3 Å². The number of aliphatic hydroxyl groups excluding tert-OH is 1. The summed E-state index contributed by atoms with van der Waals surface area (Å²) in [6, 6.07) is 14.0. The molecule has 0 aliphatic rings. The van der Waals surface area contributed by atoms with E-state index in [-0.39, 0.29) is 11.4 Å². The van der Waals surface area contributed by atoms with Gasteiger partial charge in [0.25, 0.3) is 0 Å². The number of aryl methyl sites for hydroxylation is 1. The quantitative estimate of drug-likeness (QED) is 0.692. The highest BCUT2D eigenvalue weighted by molar-refractivity contribution is 7.89. The van der Waals surface area contributed by atoms with Crippen LogP contribution in [0.15, 0.2) is 70.2 Å². The van der Waals surface area contributed by atoms with Gasteiger partial charge in [0.2, 0.25) is 10.0 Å². The highest BCUT2D eigenvalue weighted by atomic mass is 32.2. The molecular formula is C19H18FNO4S. The Labute approximate surface area is 151 Å². The van der Waals surface area contributed by atoms with Crippen molar-refractivity contribution in [2.24, 2.45) is 0 Å². The zero-order valence-electron chi connectivity index (χ0n) is 14.0. The van der Waals surface area contributed by atoms with Gasteiger partial charge in [-0.3, -0.25) is 0 Å². The number of hydrogen-bond donors (Lipinski definition) is 2. The van der Waals surface area contributed by atoms with E-state index in [2.05, 4.69) is 4.72 Å². The number of nitrogens with one attached hydrogen (secondary N) is 1. The number of benzene rings is 2. The minimum atomic E-state index is -3.85. The Bertz CT molecular complexity index is 983. The fraction of sp³-hybridized carbons (Fsp3) is 0.158. The molecule has 0 fully saturated rings. The number of sulfonamides is 1. The van der Waals surface area contributed by atoms with Crippen molar-refractivity contribution in [3.8, 4) is 11.3 Å². The van der Waals surface area contributed by atoms with Gasteiger partial charge >= 0.3 is 0 Å². The molecule has 0 spiro atoms. The minimum absolute atomic E-state index is 0.0146. The molecular weight excluding hydrogens is 357 g/mol. The second kappa shape index (κ2) is 7.41. The van der Waals surface area contributed by atoms with Crippen molar-refractivity contribution in [2.45, 2.75) is 17.9 Å². The van der Waals surface area contributed by atoms with E-state index in [0.717, 1.165) is 17.7 Å². The molecule has 1 atom stereocenters. The number of aliphatic hydroxyl groups is 1. The smallest absolute Gasteiger partial charge is 0.240 e. The second-order valence-corrected chi connectivity index (χ2v) is 7.61. The number of hydrogen-bond acceptors (Lipinski definition) is 4. The molecule has 1 heterocycles. The van der Waals surface area contributed by atoms with Crippen LogP contribution < -0.4 is 4.72 Å². The molecule has 0 aliphatic carbocycles. The Hall–Kier alpha value is -2.48. The first-order valence-electron chi connectivity index (χ1n) is 7.94. The van der Waals surface area contributed by atoms with Crippen LogP contribution in [0.5, 0.6) is 0 Å². The SMILES string of the molecule is Cc1cc(F)ccc1S(=O)(=O)NC[C@H](O)c1ccc(-c2ccco2)cc1. The third-order valence-corrected chi connectivity index (χ3v) is 5.58. The molecule has 2 aromatic carbocycles. The average Bonchev–Trinajstić information content (AvgIpc) is 3.14. The van der Waals surface area contributed by atoms with Gasteiger partial charge < -0.3 is 9.52 Å². The summed E-state index contributed by atoms with van der Waals surface area (Å²) >= 11 is 0. The molecule has 3 rings (SSSR count). The van der Waals surface area contributed by atoms with Crippen LogP contribution in [0.25, 0.3) is 11.3 Å². The predicted octanol–water partition coefficient (Wildman–Crippen LogP) is 3.41. The predicted molar refractivity (Wildman–Crippen MR) is 95.4 cm³/mol. The summed E-state index contributed by atoms with van der Waals surface area (Å²) in [5.41, 5.74) is 1.72. The molecule has 0 unspecified atom stereocenters. The van der Waals surface area contributed by atoms with Crippen LogP contribution in [0, 0.1) is 12.7 Å². The highest BCUT2D eigenvalue weighted by Crippen LogP contribution is 2.23. The number of rotatable bonds is 6. The number of halogens is 1. The molecule has 1 aromatic heterocycles. The van der Waals surface area contributed by atoms with Crippen molar-refractivity contribution in [2.75, 3.05) is 6.54 Å². The van der Waals surface area contributed by atoms with E-state index in [9.17, 15) is 17.9 Å². The van der Waals surface area contributed by atoms with Gasteiger partial charge in [0.1, 0.15) is 11.6 Å². The summed E-state index contributed by atoms with van der Waals surface area (Å²) in [4.78, 5) is -0.0146. The van der Waals surface area contributed by atoms with Gasteiger partial charge in [-0.05, 0) is 48.4 Å². The lowest BCUT2D eigenvalue weighted by Crippen LogP contribution is -2.29. The summed E-state index contributed by atoms with van der Waals surface area (Å²) in [6.45, 7) is 1.32. The molecule has 26 heavy (non-hydrogen) atoms. The molecule has 0 saturated carbocycles. The van der Waals surface area contributed by atoms with E-state index in [4.69, 9.17) is 4.42 Å². The largest absolute Gasteiger partial charge is 0.464 e. The Morgan fingerprint density at radius 3 is 2.50 bits per heavy atom. The van der Waals surface area contributed by atoms with Gasteiger partial charge in [0, 0.05) is 12.1 Å². The molecule has 2 N–H and O–H groups in total. The molecule has 7 heteroatoms. The molecule has 0 amide bonds. The second-order valence-electron chi connectivity index (χ2n) is 5.88. The van der Waals surface area contributed by atoms with Gasteiger partial charge in [0.15, 0.2) is 0 Å². The van der Waals surface area contributed by atoms with Crippen LogP contribution in [-0.2, 0) is 10.0 Å².